The van der Waals surface area contributed by atoms with Gasteiger partial charge in [-0.15, -0.1) is 5.11 Å². The maximum absolute atomic E-state index is 12.4. The molecule has 0 bridgehead atoms. The van der Waals surface area contributed by atoms with Gasteiger partial charge in [0.1, 0.15) is 0 Å². The summed E-state index contributed by atoms with van der Waals surface area (Å²) in [4.78, 5) is 8.12. The average molecular weight is 361 g/mol. The molecule has 0 saturated heterocycles. The van der Waals surface area contributed by atoms with Crippen LogP contribution < -0.4 is 0 Å². The van der Waals surface area contributed by atoms with Crippen LogP contribution in [0, 0.1) is 13.8 Å². The van der Waals surface area contributed by atoms with Gasteiger partial charge in [-0.05, 0) is 63.3 Å². The van der Waals surface area contributed by atoms with E-state index in [2.05, 4.69) is 25.0 Å². The smallest absolute Gasteiger partial charge is 0.229 e. The zero-order chi connectivity index (χ0) is 18.4. The van der Waals surface area contributed by atoms with Crippen molar-refractivity contribution in [1.82, 2.24) is 15.0 Å². The lowest BCUT2D eigenvalue weighted by Gasteiger charge is -2.15. The number of nitrogens with zero attached hydrogens (tertiary/aromatic N) is 6. The lowest BCUT2D eigenvalue weighted by atomic mass is 10.3. The molecule has 0 radical (unpaired) electrons. The predicted octanol–water partition coefficient (Wildman–Crippen LogP) is 3.83. The Bertz CT molecular complexity index is 825. The molecule has 0 aliphatic rings. The molecule has 0 saturated carbocycles. The van der Waals surface area contributed by atoms with Gasteiger partial charge in [0, 0.05) is 19.0 Å². The van der Waals surface area contributed by atoms with E-state index in [0.29, 0.717) is 17.1 Å². The summed E-state index contributed by atoms with van der Waals surface area (Å²) in [5, 5.41) is 9.94. The number of benzene rings is 1. The monoisotopic (exact) mass is 361 g/mol. The second kappa shape index (κ2) is 8.02. The van der Waals surface area contributed by atoms with E-state index in [-0.39, 0.29) is 10.8 Å². The lowest BCUT2D eigenvalue weighted by Crippen LogP contribution is -2.14. The molecule has 0 unspecified atom stereocenters. The summed E-state index contributed by atoms with van der Waals surface area (Å²) in [6.07, 6.45) is 0. The van der Waals surface area contributed by atoms with Gasteiger partial charge in [0.15, 0.2) is 0 Å². The number of aromatic nitrogens is 2. The highest BCUT2D eigenvalue weighted by Crippen LogP contribution is 2.26. The minimum absolute atomic E-state index is 0.0528. The first-order valence-corrected chi connectivity index (χ1v) is 9.35. The Morgan fingerprint density at radius 3 is 2.12 bits per heavy atom. The van der Waals surface area contributed by atoms with Gasteiger partial charge in [0.2, 0.25) is 10.0 Å². The highest BCUT2D eigenvalue weighted by atomic mass is 32.2. The van der Waals surface area contributed by atoms with Crippen LogP contribution in [0.15, 0.2) is 45.6 Å². The van der Waals surface area contributed by atoms with Crippen molar-refractivity contribution < 1.29 is 8.42 Å². The standard InChI is InChI=1S/C16H21N6O2S/c1-5-22(6-2)21-19-14-7-9-15(10-8-14)25(23,24)20-16-17-12(3)11-13(4)18-16/h7-11H,5-6H2,1-4H3/q-1. The quantitative estimate of drug-likeness (QED) is 0.551. The Morgan fingerprint density at radius 2 is 1.60 bits per heavy atom. The van der Waals surface area contributed by atoms with Crippen LogP contribution in [0.2, 0.25) is 0 Å². The normalized spacial score (nSPS) is 11.7. The van der Waals surface area contributed by atoms with Crippen LogP contribution in [0.1, 0.15) is 25.2 Å². The lowest BCUT2D eigenvalue weighted by molar-refractivity contribution is 0.300. The topological polar surface area (TPSA) is 102 Å². The van der Waals surface area contributed by atoms with Crippen molar-refractivity contribution in [3.8, 4) is 0 Å². The number of sulfonamides is 1. The third-order valence-electron chi connectivity index (χ3n) is 3.32. The fourth-order valence-electron chi connectivity index (χ4n) is 2.06. The third kappa shape index (κ3) is 5.21. The summed E-state index contributed by atoms with van der Waals surface area (Å²) in [7, 11) is -3.89. The molecule has 0 fully saturated rings. The summed E-state index contributed by atoms with van der Waals surface area (Å²) in [6.45, 7) is 8.98. The van der Waals surface area contributed by atoms with Crippen LogP contribution >= 0.6 is 0 Å². The molecule has 0 spiro atoms. The molecule has 0 aliphatic heterocycles. The number of hydrogen-bond acceptors (Lipinski definition) is 6. The molecule has 0 atom stereocenters. The van der Waals surface area contributed by atoms with E-state index in [4.69, 9.17) is 0 Å². The van der Waals surface area contributed by atoms with E-state index in [0.717, 1.165) is 13.1 Å². The van der Waals surface area contributed by atoms with Crippen molar-refractivity contribution in [2.45, 2.75) is 32.6 Å². The zero-order valence-electron chi connectivity index (χ0n) is 14.7. The molecule has 0 amide bonds. The van der Waals surface area contributed by atoms with Crippen LogP contribution in [-0.2, 0) is 10.0 Å². The third-order valence-corrected chi connectivity index (χ3v) is 4.60. The van der Waals surface area contributed by atoms with Gasteiger partial charge in [-0.25, -0.2) is 8.42 Å². The van der Waals surface area contributed by atoms with Gasteiger partial charge < -0.3 is 9.97 Å². The first-order chi connectivity index (χ1) is 11.8. The first kappa shape index (κ1) is 18.8. The Labute approximate surface area is 148 Å². The van der Waals surface area contributed by atoms with E-state index in [1.165, 1.54) is 12.1 Å². The van der Waals surface area contributed by atoms with Gasteiger partial charge in [0.05, 0.1) is 10.6 Å². The number of aryl methyl sites for hydroxylation is 2. The van der Waals surface area contributed by atoms with Crippen LogP contribution in [0.4, 0.5) is 11.6 Å². The maximum Gasteiger partial charge on any atom is 0.229 e. The summed E-state index contributed by atoms with van der Waals surface area (Å²) >= 11 is 0. The highest BCUT2D eigenvalue weighted by molar-refractivity contribution is 7.94. The maximum atomic E-state index is 12.4. The minimum atomic E-state index is -3.89. The molecule has 1 aromatic carbocycles. The van der Waals surface area contributed by atoms with Crippen molar-refractivity contribution in [2.24, 2.45) is 10.3 Å². The summed E-state index contributed by atoms with van der Waals surface area (Å²) in [6, 6.07) is 7.80. The molecule has 2 aromatic rings. The van der Waals surface area contributed by atoms with Crippen molar-refractivity contribution in [2.75, 3.05) is 13.1 Å². The molecule has 1 aromatic heterocycles. The molecule has 9 heteroatoms. The first-order valence-electron chi connectivity index (χ1n) is 7.91. The molecule has 1 heterocycles. The SMILES string of the molecule is CCN(CC)N=Nc1ccc(S(=O)(=O)[N-]c2nc(C)cc(C)n2)cc1. The minimum Gasteiger partial charge on any atom is -0.363 e. The van der Waals surface area contributed by atoms with Crippen molar-refractivity contribution in [3.05, 3.63) is 46.4 Å². The van der Waals surface area contributed by atoms with Crippen molar-refractivity contribution in [1.29, 1.82) is 0 Å². The van der Waals surface area contributed by atoms with Crippen molar-refractivity contribution in [3.63, 3.8) is 0 Å². The largest absolute Gasteiger partial charge is 0.363 e. The van der Waals surface area contributed by atoms with Gasteiger partial charge in [-0.3, -0.25) is 9.73 Å². The molecule has 134 valence electrons. The Kier molecular flexibility index (Phi) is 6.02. The van der Waals surface area contributed by atoms with E-state index >= 15 is 0 Å². The molecule has 25 heavy (non-hydrogen) atoms. The Balaban J connectivity index is 2.17. The second-order valence-corrected chi connectivity index (χ2v) is 6.94. The van der Waals surface area contributed by atoms with Gasteiger partial charge in [0.25, 0.3) is 0 Å². The van der Waals surface area contributed by atoms with Crippen LogP contribution in [0.25, 0.3) is 4.72 Å². The average Bonchev–Trinajstić information content (AvgIpc) is 2.55. The summed E-state index contributed by atoms with van der Waals surface area (Å²) < 4.78 is 28.5. The van der Waals surface area contributed by atoms with E-state index < -0.39 is 10.0 Å². The van der Waals surface area contributed by atoms with Gasteiger partial charge >= 0.3 is 0 Å². The molecular weight excluding hydrogens is 340 g/mol. The summed E-state index contributed by atoms with van der Waals surface area (Å²) in [5.41, 5.74) is 1.88. The Hall–Kier alpha value is -2.55. The van der Waals surface area contributed by atoms with E-state index in [1.54, 1.807) is 37.1 Å². The van der Waals surface area contributed by atoms with Crippen LogP contribution in [0.3, 0.4) is 0 Å². The predicted molar refractivity (Wildman–Crippen MR) is 95.6 cm³/mol. The van der Waals surface area contributed by atoms with E-state index in [1.807, 2.05) is 13.8 Å². The summed E-state index contributed by atoms with van der Waals surface area (Å²) in [5.74, 6) is -0.0669. The molecule has 0 N–H and O–H groups in total. The van der Waals surface area contributed by atoms with Crippen LogP contribution in [-0.4, -0.2) is 36.5 Å². The number of rotatable bonds is 7. The molecule has 0 aliphatic carbocycles. The van der Waals surface area contributed by atoms with Gasteiger partial charge in [-0.1, -0.05) is 11.3 Å². The highest BCUT2D eigenvalue weighted by Gasteiger charge is 2.12. The van der Waals surface area contributed by atoms with Crippen LogP contribution in [0.5, 0.6) is 0 Å². The fraction of sp³-hybridized carbons (Fsp3) is 0.375. The number of hydrogen-bond donors (Lipinski definition) is 0. The second-order valence-electron chi connectivity index (χ2n) is 5.34. The molecule has 8 nitrogen and oxygen atoms in total. The zero-order valence-corrected chi connectivity index (χ0v) is 15.5. The fourth-order valence-corrected chi connectivity index (χ4v) is 2.94. The van der Waals surface area contributed by atoms with Crippen molar-refractivity contribution >= 4 is 21.7 Å². The van der Waals surface area contributed by atoms with Gasteiger partial charge in [-0.2, -0.15) is 0 Å². The Morgan fingerprint density at radius 1 is 1.04 bits per heavy atom. The molecular formula is C16H21N6O2S-. The molecule has 2 rings (SSSR count). The van der Waals surface area contributed by atoms with E-state index in [9.17, 15) is 8.42 Å².